The van der Waals surface area contributed by atoms with E-state index in [2.05, 4.69) is 4.98 Å². The van der Waals surface area contributed by atoms with E-state index in [-0.39, 0.29) is 18.7 Å². The number of aryl methyl sites for hydroxylation is 1. The number of aromatic nitrogens is 1. The van der Waals surface area contributed by atoms with E-state index in [1.807, 2.05) is 5.32 Å². The van der Waals surface area contributed by atoms with Gasteiger partial charge in [0.1, 0.15) is 11.6 Å². The molecule has 0 aliphatic heterocycles. The Balaban J connectivity index is 1.91. The van der Waals surface area contributed by atoms with Gasteiger partial charge in [0.05, 0.1) is 6.42 Å². The van der Waals surface area contributed by atoms with Crippen molar-refractivity contribution in [2.45, 2.75) is 31.5 Å². The summed E-state index contributed by atoms with van der Waals surface area (Å²) in [6, 6.07) is 4.90. The van der Waals surface area contributed by atoms with Gasteiger partial charge in [-0.15, -0.1) is 0 Å². The number of amides is 1. The molecule has 1 heterocycles. The first-order valence-corrected chi connectivity index (χ1v) is 6.68. The number of carboxylic acids is 1. The largest absolute Gasteiger partial charge is 0.480 e. The SMILES string of the molecule is O=C(CCc1nc2ccccc2o1)NC(CC(F)(F)F)C(=O)O. The molecule has 0 aliphatic carbocycles. The van der Waals surface area contributed by atoms with Crippen molar-refractivity contribution in [3.05, 3.63) is 30.2 Å². The van der Waals surface area contributed by atoms with Crippen LogP contribution in [0.5, 0.6) is 0 Å². The van der Waals surface area contributed by atoms with Gasteiger partial charge in [-0.3, -0.25) is 4.79 Å². The fourth-order valence-corrected chi connectivity index (χ4v) is 1.95. The Morgan fingerprint density at radius 2 is 2.00 bits per heavy atom. The number of nitrogens with one attached hydrogen (secondary N) is 1. The van der Waals surface area contributed by atoms with E-state index in [4.69, 9.17) is 9.52 Å². The fraction of sp³-hybridized carbons (Fsp3) is 0.357. The van der Waals surface area contributed by atoms with Gasteiger partial charge in [0.2, 0.25) is 5.91 Å². The first kappa shape index (κ1) is 16.8. The molecule has 0 aliphatic rings. The van der Waals surface area contributed by atoms with Crippen LogP contribution in [-0.2, 0) is 16.0 Å². The molecule has 0 fully saturated rings. The molecule has 6 nitrogen and oxygen atoms in total. The number of carbonyl (C=O) groups is 2. The quantitative estimate of drug-likeness (QED) is 0.848. The molecule has 23 heavy (non-hydrogen) atoms. The number of oxazole rings is 1. The lowest BCUT2D eigenvalue weighted by Gasteiger charge is -2.15. The summed E-state index contributed by atoms with van der Waals surface area (Å²) in [5, 5.41) is 10.6. The summed E-state index contributed by atoms with van der Waals surface area (Å²) in [7, 11) is 0. The van der Waals surface area contributed by atoms with Crippen LogP contribution in [0.2, 0.25) is 0 Å². The molecule has 1 aromatic heterocycles. The minimum atomic E-state index is -4.68. The Morgan fingerprint density at radius 3 is 2.61 bits per heavy atom. The molecule has 1 unspecified atom stereocenters. The van der Waals surface area contributed by atoms with Gasteiger partial charge in [-0.25, -0.2) is 9.78 Å². The molecule has 2 rings (SSSR count). The molecule has 0 saturated heterocycles. The highest BCUT2D eigenvalue weighted by molar-refractivity contribution is 5.83. The highest BCUT2D eigenvalue weighted by atomic mass is 19.4. The molecule has 0 radical (unpaired) electrons. The van der Waals surface area contributed by atoms with Crippen LogP contribution in [0.15, 0.2) is 28.7 Å². The maximum atomic E-state index is 12.2. The monoisotopic (exact) mass is 330 g/mol. The number of fused-ring (bicyclic) bond motifs is 1. The Morgan fingerprint density at radius 1 is 1.30 bits per heavy atom. The number of hydrogen-bond acceptors (Lipinski definition) is 4. The van der Waals surface area contributed by atoms with Gasteiger partial charge < -0.3 is 14.8 Å². The molecule has 0 bridgehead atoms. The molecular weight excluding hydrogens is 317 g/mol. The zero-order chi connectivity index (χ0) is 17.0. The second-order valence-electron chi connectivity index (χ2n) is 4.85. The number of halogens is 3. The minimum Gasteiger partial charge on any atom is -0.480 e. The predicted octanol–water partition coefficient (Wildman–Crippen LogP) is 2.28. The number of carbonyl (C=O) groups excluding carboxylic acids is 1. The van der Waals surface area contributed by atoms with Gasteiger partial charge >= 0.3 is 12.1 Å². The third-order valence-corrected chi connectivity index (χ3v) is 2.97. The lowest BCUT2D eigenvalue weighted by atomic mass is 10.2. The van der Waals surface area contributed by atoms with E-state index >= 15 is 0 Å². The summed E-state index contributed by atoms with van der Waals surface area (Å²) in [6.07, 6.45) is -6.49. The lowest BCUT2D eigenvalue weighted by molar-refractivity contribution is -0.160. The third-order valence-electron chi connectivity index (χ3n) is 2.97. The maximum absolute atomic E-state index is 12.2. The summed E-state index contributed by atoms with van der Waals surface area (Å²) in [5.74, 6) is -2.30. The normalized spacial score (nSPS) is 13.0. The standard InChI is InChI=1S/C14H13F3N2O4/c15-14(16,17)7-9(13(21)22)18-11(20)5-6-12-19-8-3-1-2-4-10(8)23-12/h1-4,9H,5-7H2,(H,18,20)(H,21,22). The highest BCUT2D eigenvalue weighted by Crippen LogP contribution is 2.22. The van der Waals surface area contributed by atoms with Crippen molar-refractivity contribution in [3.8, 4) is 0 Å². The lowest BCUT2D eigenvalue weighted by Crippen LogP contribution is -2.43. The van der Waals surface area contributed by atoms with Crippen LogP contribution in [0.1, 0.15) is 18.7 Å². The number of para-hydroxylation sites is 2. The van der Waals surface area contributed by atoms with Gasteiger partial charge in [0.25, 0.3) is 0 Å². The van der Waals surface area contributed by atoms with Crippen LogP contribution in [0.4, 0.5) is 13.2 Å². The number of aliphatic carboxylic acids is 1. The maximum Gasteiger partial charge on any atom is 0.391 e. The van der Waals surface area contributed by atoms with Gasteiger partial charge in [-0.2, -0.15) is 13.2 Å². The molecule has 124 valence electrons. The van der Waals surface area contributed by atoms with Crippen LogP contribution in [0, 0.1) is 0 Å². The summed E-state index contributed by atoms with van der Waals surface area (Å²) in [6.45, 7) is 0. The zero-order valence-electron chi connectivity index (χ0n) is 11.8. The van der Waals surface area contributed by atoms with Crippen LogP contribution >= 0.6 is 0 Å². The van der Waals surface area contributed by atoms with Crippen LogP contribution < -0.4 is 5.32 Å². The number of rotatable bonds is 6. The van der Waals surface area contributed by atoms with Crippen molar-refractivity contribution in [2.24, 2.45) is 0 Å². The Labute approximate surface area is 128 Å². The smallest absolute Gasteiger partial charge is 0.391 e. The summed E-state index contributed by atoms with van der Waals surface area (Å²) >= 11 is 0. The van der Waals surface area contributed by atoms with Gasteiger partial charge in [-0.05, 0) is 12.1 Å². The molecule has 0 spiro atoms. The molecule has 2 N–H and O–H groups in total. The molecule has 1 aromatic carbocycles. The highest BCUT2D eigenvalue weighted by Gasteiger charge is 2.36. The van der Waals surface area contributed by atoms with E-state index in [9.17, 15) is 22.8 Å². The molecule has 1 atom stereocenters. The van der Waals surface area contributed by atoms with Crippen molar-refractivity contribution in [1.29, 1.82) is 0 Å². The average Bonchev–Trinajstić information content (AvgIpc) is 2.85. The van der Waals surface area contributed by atoms with E-state index < -0.39 is 30.5 Å². The second-order valence-corrected chi connectivity index (χ2v) is 4.85. The Bertz CT molecular complexity index is 678. The number of hydrogen-bond donors (Lipinski definition) is 2. The molecule has 0 saturated carbocycles. The third kappa shape index (κ3) is 4.97. The number of benzene rings is 1. The Kier molecular flexibility index (Phi) is 4.87. The first-order chi connectivity index (χ1) is 10.7. The van der Waals surface area contributed by atoms with E-state index in [0.717, 1.165) is 0 Å². The molecular formula is C14H13F3N2O4. The topological polar surface area (TPSA) is 92.4 Å². The zero-order valence-corrected chi connectivity index (χ0v) is 11.8. The van der Waals surface area contributed by atoms with Crippen molar-refractivity contribution in [3.63, 3.8) is 0 Å². The van der Waals surface area contributed by atoms with Gasteiger partial charge in [0, 0.05) is 12.8 Å². The van der Waals surface area contributed by atoms with Crippen molar-refractivity contribution in [2.75, 3.05) is 0 Å². The van der Waals surface area contributed by atoms with Crippen LogP contribution in [0.25, 0.3) is 11.1 Å². The van der Waals surface area contributed by atoms with E-state index in [0.29, 0.717) is 11.1 Å². The number of alkyl halides is 3. The molecule has 2 aromatic rings. The van der Waals surface area contributed by atoms with Crippen LogP contribution in [0.3, 0.4) is 0 Å². The summed E-state index contributed by atoms with van der Waals surface area (Å²) in [4.78, 5) is 26.5. The summed E-state index contributed by atoms with van der Waals surface area (Å²) < 4.78 is 42.1. The average molecular weight is 330 g/mol. The molecule has 1 amide bonds. The predicted molar refractivity (Wildman–Crippen MR) is 72.6 cm³/mol. The van der Waals surface area contributed by atoms with Crippen molar-refractivity contribution < 1.29 is 32.3 Å². The minimum absolute atomic E-state index is 0.0544. The van der Waals surface area contributed by atoms with E-state index in [1.165, 1.54) is 0 Å². The van der Waals surface area contributed by atoms with Crippen molar-refractivity contribution >= 4 is 23.0 Å². The van der Waals surface area contributed by atoms with Gasteiger partial charge in [-0.1, -0.05) is 12.1 Å². The fourth-order valence-electron chi connectivity index (χ4n) is 1.95. The Hall–Kier alpha value is -2.58. The number of carboxylic acid groups (broad SMARTS) is 1. The second kappa shape index (κ2) is 6.67. The number of nitrogens with zero attached hydrogens (tertiary/aromatic N) is 1. The molecule has 9 heteroatoms. The van der Waals surface area contributed by atoms with Crippen LogP contribution in [-0.4, -0.2) is 34.2 Å². The van der Waals surface area contributed by atoms with Crippen molar-refractivity contribution in [1.82, 2.24) is 10.3 Å². The van der Waals surface area contributed by atoms with E-state index in [1.54, 1.807) is 24.3 Å². The summed E-state index contributed by atoms with van der Waals surface area (Å²) in [5.41, 5.74) is 1.13. The van der Waals surface area contributed by atoms with Gasteiger partial charge in [0.15, 0.2) is 11.5 Å². The first-order valence-electron chi connectivity index (χ1n) is 6.68.